The number of nitrogens with zero attached hydrogens (tertiary/aromatic N) is 1. The summed E-state index contributed by atoms with van der Waals surface area (Å²) in [5, 5.41) is 0.0702. The lowest BCUT2D eigenvalue weighted by atomic mass is 10.1. The largest absolute Gasteiger partial charge is 0.398 e. The van der Waals surface area contributed by atoms with Gasteiger partial charge in [-0.1, -0.05) is 52.3 Å². The summed E-state index contributed by atoms with van der Waals surface area (Å²) in [7, 11) is -3.87. The second kappa shape index (κ2) is 7.20. The van der Waals surface area contributed by atoms with Crippen LogP contribution in [-0.2, 0) is 10.0 Å². The second-order valence-electron chi connectivity index (χ2n) is 5.62. The first-order valence-electron chi connectivity index (χ1n) is 7.63. The topological polar surface area (TPSA) is 65.1 Å². The third-order valence-corrected chi connectivity index (χ3v) is 6.14. The minimum absolute atomic E-state index is 0.0702. The van der Waals surface area contributed by atoms with Crippen molar-refractivity contribution in [3.8, 4) is 0 Å². The van der Waals surface area contributed by atoms with Crippen LogP contribution < -0.4 is 5.73 Å². The van der Waals surface area contributed by atoms with E-state index in [1.807, 2.05) is 24.3 Å². The summed E-state index contributed by atoms with van der Waals surface area (Å²) in [6, 6.07) is 11.8. The van der Waals surface area contributed by atoms with Crippen LogP contribution in [0.4, 0.5) is 14.5 Å². The van der Waals surface area contributed by atoms with Crippen LogP contribution in [0, 0.1) is 0 Å². The average molecular weight is 441 g/mol. The number of halogens is 3. The Hall–Kier alpha value is -2.19. The minimum Gasteiger partial charge on any atom is -0.398 e. The first kappa shape index (κ1) is 18.6. The molecule has 3 rings (SSSR count). The number of anilines is 1. The van der Waals surface area contributed by atoms with Crippen LogP contribution in [0.1, 0.15) is 17.6 Å². The molecule has 0 aliphatic heterocycles. The SMILES string of the molecule is Nc1cccc2c1c(C(F)F)cn2S(=O)(=O)CC=Cc1ccccc1Br. The molecule has 8 heteroatoms. The smallest absolute Gasteiger partial charge is 0.266 e. The number of hydrogen-bond acceptors (Lipinski definition) is 3. The Morgan fingerprint density at radius 1 is 1.15 bits per heavy atom. The molecule has 0 saturated heterocycles. The van der Waals surface area contributed by atoms with Crippen molar-refractivity contribution in [1.82, 2.24) is 3.97 Å². The maximum absolute atomic E-state index is 13.3. The van der Waals surface area contributed by atoms with E-state index in [1.165, 1.54) is 24.3 Å². The van der Waals surface area contributed by atoms with Crippen LogP contribution >= 0.6 is 15.9 Å². The first-order chi connectivity index (χ1) is 12.3. The lowest BCUT2D eigenvalue weighted by Crippen LogP contribution is -2.14. The number of fused-ring (bicyclic) bond motifs is 1. The predicted molar refractivity (Wildman–Crippen MR) is 104 cm³/mol. The van der Waals surface area contributed by atoms with Gasteiger partial charge < -0.3 is 5.73 Å². The zero-order valence-corrected chi connectivity index (χ0v) is 15.8. The molecule has 2 N–H and O–H groups in total. The first-order valence-corrected chi connectivity index (χ1v) is 10.0. The van der Waals surface area contributed by atoms with Gasteiger partial charge in [0.05, 0.1) is 11.3 Å². The molecule has 1 heterocycles. The maximum Gasteiger partial charge on any atom is 0.266 e. The standard InChI is InChI=1S/C18H15BrF2N2O2S/c19-14-7-2-1-5-12(14)6-4-10-26(24,25)23-11-13(18(20)21)17-15(22)8-3-9-16(17)23/h1-9,11,18H,10,22H2. The molecule has 0 aliphatic rings. The molecule has 0 atom stereocenters. The number of nitrogens with two attached hydrogens (primary N) is 1. The molecule has 0 fully saturated rings. The lowest BCUT2D eigenvalue weighted by Gasteiger charge is -2.05. The monoisotopic (exact) mass is 440 g/mol. The van der Waals surface area contributed by atoms with Gasteiger partial charge >= 0.3 is 0 Å². The third-order valence-electron chi connectivity index (χ3n) is 3.90. The molecule has 0 radical (unpaired) electrons. The maximum atomic E-state index is 13.3. The number of nitrogen functional groups attached to an aromatic ring is 1. The molecule has 26 heavy (non-hydrogen) atoms. The van der Waals surface area contributed by atoms with Crippen LogP contribution in [0.15, 0.2) is 59.2 Å². The molecule has 2 aromatic carbocycles. The van der Waals surface area contributed by atoms with Crippen molar-refractivity contribution >= 4 is 48.6 Å². The third kappa shape index (κ3) is 3.52. The fourth-order valence-electron chi connectivity index (χ4n) is 2.70. The molecular weight excluding hydrogens is 426 g/mol. The number of hydrogen-bond donors (Lipinski definition) is 1. The van der Waals surface area contributed by atoms with Crippen LogP contribution in [0.25, 0.3) is 17.0 Å². The van der Waals surface area contributed by atoms with Crippen molar-refractivity contribution in [2.45, 2.75) is 6.43 Å². The Morgan fingerprint density at radius 3 is 2.58 bits per heavy atom. The molecule has 3 aromatic rings. The molecule has 1 aromatic heterocycles. The molecule has 0 aliphatic carbocycles. The van der Waals surface area contributed by atoms with Gasteiger partial charge in [0.25, 0.3) is 6.43 Å². The van der Waals surface area contributed by atoms with Gasteiger partial charge in [0.15, 0.2) is 0 Å². The van der Waals surface area contributed by atoms with E-state index in [0.717, 1.165) is 20.2 Å². The van der Waals surface area contributed by atoms with Crippen molar-refractivity contribution in [2.24, 2.45) is 0 Å². The van der Waals surface area contributed by atoms with E-state index in [-0.39, 0.29) is 22.3 Å². The number of benzene rings is 2. The zero-order valence-electron chi connectivity index (χ0n) is 13.4. The highest BCUT2D eigenvalue weighted by Crippen LogP contribution is 2.34. The summed E-state index contributed by atoms with van der Waals surface area (Å²) in [6.07, 6.45) is 1.27. The normalized spacial score (nSPS) is 12.5. The number of alkyl halides is 2. The van der Waals surface area contributed by atoms with Gasteiger partial charge in [-0.25, -0.2) is 21.2 Å². The fraction of sp³-hybridized carbons (Fsp3) is 0.111. The summed E-state index contributed by atoms with van der Waals surface area (Å²) in [6.45, 7) is 0. The zero-order chi connectivity index (χ0) is 18.9. The molecule has 0 spiro atoms. The highest BCUT2D eigenvalue weighted by molar-refractivity contribution is 9.10. The summed E-state index contributed by atoms with van der Waals surface area (Å²) < 4.78 is 53.7. The van der Waals surface area contributed by atoms with Crippen LogP contribution in [0.3, 0.4) is 0 Å². The van der Waals surface area contributed by atoms with Gasteiger partial charge in [-0.3, -0.25) is 0 Å². The quantitative estimate of drug-likeness (QED) is 0.578. The van der Waals surface area contributed by atoms with Gasteiger partial charge in [0, 0.05) is 27.3 Å². The molecular formula is C18H15BrF2N2O2S. The predicted octanol–water partition coefficient (Wildman–Crippen LogP) is 4.81. The van der Waals surface area contributed by atoms with E-state index in [1.54, 1.807) is 6.08 Å². The molecule has 0 bridgehead atoms. The minimum atomic E-state index is -3.87. The van der Waals surface area contributed by atoms with E-state index in [2.05, 4.69) is 15.9 Å². The Labute approximate surface area is 158 Å². The molecule has 0 saturated carbocycles. The van der Waals surface area contributed by atoms with Crippen LogP contribution in [0.5, 0.6) is 0 Å². The Morgan fingerprint density at radius 2 is 1.88 bits per heavy atom. The van der Waals surface area contributed by atoms with Gasteiger partial charge in [0.2, 0.25) is 10.0 Å². The summed E-state index contributed by atoms with van der Waals surface area (Å²) in [5.74, 6) is -0.338. The van der Waals surface area contributed by atoms with Gasteiger partial charge in [0.1, 0.15) is 0 Å². The van der Waals surface area contributed by atoms with Crippen molar-refractivity contribution in [2.75, 3.05) is 11.5 Å². The van der Waals surface area contributed by atoms with Crippen molar-refractivity contribution in [3.05, 3.63) is 70.3 Å². The lowest BCUT2D eigenvalue weighted by molar-refractivity contribution is 0.153. The summed E-state index contributed by atoms with van der Waals surface area (Å²) in [5.41, 5.74) is 6.48. The van der Waals surface area contributed by atoms with E-state index < -0.39 is 22.0 Å². The van der Waals surface area contributed by atoms with Crippen LogP contribution in [-0.4, -0.2) is 18.1 Å². The Bertz CT molecular complexity index is 1090. The number of rotatable bonds is 5. The summed E-state index contributed by atoms with van der Waals surface area (Å²) in [4.78, 5) is 0. The van der Waals surface area contributed by atoms with Crippen molar-refractivity contribution in [3.63, 3.8) is 0 Å². The van der Waals surface area contributed by atoms with Crippen LogP contribution in [0.2, 0.25) is 0 Å². The number of aromatic nitrogens is 1. The molecule has 4 nitrogen and oxygen atoms in total. The highest BCUT2D eigenvalue weighted by atomic mass is 79.9. The van der Waals surface area contributed by atoms with E-state index in [9.17, 15) is 17.2 Å². The Kier molecular flexibility index (Phi) is 5.15. The summed E-state index contributed by atoms with van der Waals surface area (Å²) >= 11 is 3.38. The van der Waals surface area contributed by atoms with E-state index in [0.29, 0.717) is 0 Å². The highest BCUT2D eigenvalue weighted by Gasteiger charge is 2.23. The van der Waals surface area contributed by atoms with E-state index in [4.69, 9.17) is 5.73 Å². The second-order valence-corrected chi connectivity index (χ2v) is 8.37. The van der Waals surface area contributed by atoms with Gasteiger partial charge in [-0.2, -0.15) is 0 Å². The fourth-order valence-corrected chi connectivity index (χ4v) is 4.34. The van der Waals surface area contributed by atoms with Gasteiger partial charge in [-0.15, -0.1) is 0 Å². The van der Waals surface area contributed by atoms with E-state index >= 15 is 0 Å². The van der Waals surface area contributed by atoms with Crippen molar-refractivity contribution in [1.29, 1.82) is 0 Å². The van der Waals surface area contributed by atoms with Crippen molar-refractivity contribution < 1.29 is 17.2 Å². The molecule has 0 unspecified atom stereocenters. The molecule has 0 amide bonds. The molecule has 136 valence electrons. The van der Waals surface area contributed by atoms with Gasteiger partial charge in [-0.05, 0) is 23.8 Å². The Balaban J connectivity index is 2.00. The average Bonchev–Trinajstić information content (AvgIpc) is 2.99.